The van der Waals surface area contributed by atoms with Gasteiger partial charge in [-0.2, -0.15) is 5.10 Å². The molecule has 2 rings (SSSR count). The van der Waals surface area contributed by atoms with Gasteiger partial charge in [-0.05, 0) is 31.8 Å². The third-order valence-electron chi connectivity index (χ3n) is 3.45. The summed E-state index contributed by atoms with van der Waals surface area (Å²) in [6, 6.07) is 0. The van der Waals surface area contributed by atoms with Crippen LogP contribution in [0.2, 0.25) is 0 Å². The molecule has 2 heterocycles. The van der Waals surface area contributed by atoms with Crippen LogP contribution in [0.15, 0.2) is 6.33 Å². The maximum Gasteiger partial charge on any atom is 0.140 e. The third kappa shape index (κ3) is 2.83. The molecular formula is C11H19BrN4. The molecule has 4 nitrogen and oxygen atoms in total. The van der Waals surface area contributed by atoms with E-state index in [0.717, 1.165) is 18.3 Å². The minimum atomic E-state index is 0.643. The minimum Gasteiger partial charge on any atom is -0.296 e. The van der Waals surface area contributed by atoms with Gasteiger partial charge < -0.3 is 0 Å². The van der Waals surface area contributed by atoms with Gasteiger partial charge in [0.15, 0.2) is 0 Å². The summed E-state index contributed by atoms with van der Waals surface area (Å²) in [5, 5.41) is 4.10. The number of hydrogen-bond acceptors (Lipinski definition) is 3. The van der Waals surface area contributed by atoms with E-state index in [1.54, 1.807) is 6.33 Å². The summed E-state index contributed by atoms with van der Waals surface area (Å²) >= 11 is 3.68. The molecule has 0 spiro atoms. The fraction of sp³-hybridized carbons (Fsp3) is 0.818. The van der Waals surface area contributed by atoms with Gasteiger partial charge in [-0.3, -0.25) is 9.58 Å². The van der Waals surface area contributed by atoms with E-state index in [9.17, 15) is 0 Å². The molecule has 1 saturated heterocycles. The van der Waals surface area contributed by atoms with E-state index in [4.69, 9.17) is 0 Å². The second kappa shape index (κ2) is 5.27. The van der Waals surface area contributed by atoms with Crippen LogP contribution < -0.4 is 0 Å². The van der Waals surface area contributed by atoms with Crippen molar-refractivity contribution in [2.24, 2.45) is 13.0 Å². The summed E-state index contributed by atoms with van der Waals surface area (Å²) < 4.78 is 1.86. The fourth-order valence-corrected chi connectivity index (χ4v) is 2.76. The lowest BCUT2D eigenvalue weighted by Gasteiger charge is -2.32. The van der Waals surface area contributed by atoms with Crippen molar-refractivity contribution < 1.29 is 0 Å². The molecule has 0 amide bonds. The normalized spacial score (nSPS) is 21.2. The van der Waals surface area contributed by atoms with Crippen molar-refractivity contribution in [3.05, 3.63) is 12.2 Å². The van der Waals surface area contributed by atoms with Crippen molar-refractivity contribution in [3.63, 3.8) is 0 Å². The predicted octanol–water partition coefficient (Wildman–Crippen LogP) is 1.81. The maximum atomic E-state index is 4.26. The molecule has 0 aromatic carbocycles. The first-order valence-electron chi connectivity index (χ1n) is 5.86. The molecule has 0 bridgehead atoms. The number of alkyl halides is 1. The average molecular weight is 287 g/mol. The number of likely N-dealkylation sites (tertiary alicyclic amines) is 1. The molecule has 0 radical (unpaired) electrons. The first kappa shape index (κ1) is 12.0. The van der Waals surface area contributed by atoms with Crippen molar-refractivity contribution in [1.82, 2.24) is 19.7 Å². The highest BCUT2D eigenvalue weighted by Crippen LogP contribution is 2.25. The van der Waals surface area contributed by atoms with E-state index in [0.29, 0.717) is 4.83 Å². The standard InChI is InChI=1S/C11H19BrN4/c1-9(12)10-3-5-16(6-4-10)7-11-13-8-14-15(11)2/h8-10H,3-7H2,1-2H3. The van der Waals surface area contributed by atoms with Crippen LogP contribution in [0.25, 0.3) is 0 Å². The van der Waals surface area contributed by atoms with E-state index in [-0.39, 0.29) is 0 Å². The van der Waals surface area contributed by atoms with E-state index >= 15 is 0 Å². The molecule has 1 atom stereocenters. The lowest BCUT2D eigenvalue weighted by atomic mass is 9.94. The van der Waals surface area contributed by atoms with Gasteiger partial charge in [-0.25, -0.2) is 4.98 Å². The first-order chi connectivity index (χ1) is 7.66. The van der Waals surface area contributed by atoms with Crippen LogP contribution in [0.3, 0.4) is 0 Å². The monoisotopic (exact) mass is 286 g/mol. The van der Waals surface area contributed by atoms with Crippen molar-refractivity contribution >= 4 is 15.9 Å². The molecule has 0 aliphatic carbocycles. The Bertz CT molecular complexity index is 328. The van der Waals surface area contributed by atoms with Gasteiger partial charge in [0, 0.05) is 11.9 Å². The molecule has 1 aromatic rings. The number of nitrogens with zero attached hydrogens (tertiary/aromatic N) is 4. The number of halogens is 1. The maximum absolute atomic E-state index is 4.26. The van der Waals surface area contributed by atoms with Crippen LogP contribution in [0.4, 0.5) is 0 Å². The van der Waals surface area contributed by atoms with Gasteiger partial charge in [0.2, 0.25) is 0 Å². The molecule has 1 aromatic heterocycles. The highest BCUT2D eigenvalue weighted by atomic mass is 79.9. The van der Waals surface area contributed by atoms with E-state index in [1.165, 1.54) is 25.9 Å². The van der Waals surface area contributed by atoms with Gasteiger partial charge in [-0.1, -0.05) is 22.9 Å². The second-order valence-electron chi connectivity index (χ2n) is 4.59. The van der Waals surface area contributed by atoms with Crippen molar-refractivity contribution in [3.8, 4) is 0 Å². The molecule has 1 fully saturated rings. The fourth-order valence-electron chi connectivity index (χ4n) is 2.23. The van der Waals surface area contributed by atoms with Crippen LogP contribution in [0.1, 0.15) is 25.6 Å². The molecule has 16 heavy (non-hydrogen) atoms. The summed E-state index contributed by atoms with van der Waals surface area (Å²) in [6.07, 6.45) is 4.19. The highest BCUT2D eigenvalue weighted by molar-refractivity contribution is 9.09. The van der Waals surface area contributed by atoms with Gasteiger partial charge in [-0.15, -0.1) is 0 Å². The topological polar surface area (TPSA) is 34.0 Å². The molecular weight excluding hydrogens is 268 g/mol. The van der Waals surface area contributed by atoms with Crippen LogP contribution in [-0.4, -0.2) is 37.6 Å². The van der Waals surface area contributed by atoms with E-state index < -0.39 is 0 Å². The SMILES string of the molecule is CC(Br)C1CCN(Cc2ncnn2C)CC1. The smallest absolute Gasteiger partial charge is 0.140 e. The molecule has 1 aliphatic heterocycles. The summed E-state index contributed by atoms with van der Waals surface area (Å²) in [5.41, 5.74) is 0. The molecule has 1 aliphatic rings. The first-order valence-corrected chi connectivity index (χ1v) is 6.77. The van der Waals surface area contributed by atoms with Crippen LogP contribution in [-0.2, 0) is 13.6 Å². The molecule has 0 N–H and O–H groups in total. The summed E-state index contributed by atoms with van der Waals surface area (Å²) in [5.74, 6) is 1.89. The number of piperidine rings is 1. The van der Waals surface area contributed by atoms with Gasteiger partial charge in [0.1, 0.15) is 12.2 Å². The Morgan fingerprint density at radius 1 is 1.50 bits per heavy atom. The Morgan fingerprint density at radius 3 is 2.69 bits per heavy atom. The number of aryl methyl sites for hydroxylation is 1. The Labute approximate surface area is 105 Å². The number of hydrogen-bond donors (Lipinski definition) is 0. The van der Waals surface area contributed by atoms with Crippen LogP contribution in [0.5, 0.6) is 0 Å². The molecule has 1 unspecified atom stereocenters. The lowest BCUT2D eigenvalue weighted by molar-refractivity contribution is 0.173. The minimum absolute atomic E-state index is 0.643. The zero-order valence-corrected chi connectivity index (χ0v) is 11.5. The largest absolute Gasteiger partial charge is 0.296 e. The van der Waals surface area contributed by atoms with Crippen molar-refractivity contribution in [2.45, 2.75) is 31.1 Å². The van der Waals surface area contributed by atoms with Crippen LogP contribution >= 0.6 is 15.9 Å². The lowest BCUT2D eigenvalue weighted by Crippen LogP contribution is -2.36. The van der Waals surface area contributed by atoms with Gasteiger partial charge in [0.05, 0.1) is 6.54 Å². The predicted molar refractivity (Wildman–Crippen MR) is 67.4 cm³/mol. The summed E-state index contributed by atoms with van der Waals surface area (Å²) in [4.78, 5) is 7.38. The highest BCUT2D eigenvalue weighted by Gasteiger charge is 2.22. The quantitative estimate of drug-likeness (QED) is 0.795. The number of aromatic nitrogens is 3. The van der Waals surface area contributed by atoms with E-state index in [2.05, 4.69) is 37.8 Å². The molecule has 5 heteroatoms. The van der Waals surface area contributed by atoms with Gasteiger partial charge >= 0.3 is 0 Å². The summed E-state index contributed by atoms with van der Waals surface area (Å²) in [7, 11) is 1.95. The average Bonchev–Trinajstić information content (AvgIpc) is 2.65. The number of rotatable bonds is 3. The third-order valence-corrected chi connectivity index (χ3v) is 4.20. The van der Waals surface area contributed by atoms with Crippen molar-refractivity contribution in [2.75, 3.05) is 13.1 Å². The van der Waals surface area contributed by atoms with Gasteiger partial charge in [0.25, 0.3) is 0 Å². The van der Waals surface area contributed by atoms with E-state index in [1.807, 2.05) is 11.7 Å². The second-order valence-corrected chi connectivity index (χ2v) is 6.04. The Morgan fingerprint density at radius 2 is 2.19 bits per heavy atom. The zero-order chi connectivity index (χ0) is 11.5. The molecule has 0 saturated carbocycles. The Balaban J connectivity index is 1.84. The molecule has 90 valence electrons. The Kier molecular flexibility index (Phi) is 3.97. The zero-order valence-electron chi connectivity index (χ0n) is 9.93. The van der Waals surface area contributed by atoms with Crippen molar-refractivity contribution in [1.29, 1.82) is 0 Å². The van der Waals surface area contributed by atoms with Crippen LogP contribution in [0, 0.1) is 5.92 Å². The Hall–Kier alpha value is -0.420. The summed E-state index contributed by atoms with van der Waals surface area (Å²) in [6.45, 7) is 5.53.